The Morgan fingerprint density at radius 1 is 0.964 bits per heavy atom. The number of imidazole rings is 1. The van der Waals surface area contributed by atoms with Crippen LogP contribution in [0.15, 0.2) is 41.2 Å². The smallest absolute Gasteiger partial charge is 0.323 e. The summed E-state index contributed by atoms with van der Waals surface area (Å²) in [6, 6.07) is 9.89. The fraction of sp³-hybridized carbons (Fsp3) is 0.158. The van der Waals surface area contributed by atoms with Crippen molar-refractivity contribution < 1.29 is 19.0 Å². The van der Waals surface area contributed by atoms with Crippen LogP contribution in [-0.4, -0.2) is 37.2 Å². The van der Waals surface area contributed by atoms with Crippen LogP contribution in [0.5, 0.6) is 17.2 Å². The average Bonchev–Trinajstić information content (AvgIpc) is 3.10. The summed E-state index contributed by atoms with van der Waals surface area (Å²) in [7, 11) is 4.45. The summed E-state index contributed by atoms with van der Waals surface area (Å²) in [6.07, 6.45) is 0. The Kier molecular flexibility index (Phi) is 5.60. The largest absolute Gasteiger partial charge is 0.493 e. The number of aromatic nitrogens is 2. The number of methoxy groups -OCH3 is 3. The summed E-state index contributed by atoms with van der Waals surface area (Å²) < 4.78 is 16.0. The molecule has 8 nitrogen and oxygen atoms in total. The van der Waals surface area contributed by atoms with Gasteiger partial charge >= 0.3 is 5.69 Å². The third kappa shape index (κ3) is 3.81. The number of carbonyl (C=O) groups is 1. The summed E-state index contributed by atoms with van der Waals surface area (Å²) in [4.78, 5) is 29.8. The molecule has 3 N–H and O–H groups in total. The molecule has 2 aromatic carbocycles. The maximum absolute atomic E-state index is 12.7. The fourth-order valence-corrected chi connectivity index (χ4v) is 2.85. The molecule has 0 atom stereocenters. The van der Waals surface area contributed by atoms with E-state index in [2.05, 4.69) is 15.3 Å². The second kappa shape index (κ2) is 8.10. The number of rotatable bonds is 6. The highest BCUT2D eigenvalue weighted by molar-refractivity contribution is 6.30. The zero-order chi connectivity index (χ0) is 20.3. The molecule has 28 heavy (non-hydrogen) atoms. The SMILES string of the molecule is COc1cc(-c2[nH]c(=O)[nH]c2C(=O)Nc2ccc(Cl)cc2)cc(OC)c1OC. The minimum Gasteiger partial charge on any atom is -0.493 e. The predicted octanol–water partition coefficient (Wildman–Crippen LogP) is 3.30. The van der Waals surface area contributed by atoms with Crippen molar-refractivity contribution in [3.8, 4) is 28.5 Å². The number of halogens is 1. The van der Waals surface area contributed by atoms with E-state index in [1.54, 1.807) is 36.4 Å². The molecule has 3 rings (SSSR count). The quantitative estimate of drug-likeness (QED) is 0.585. The molecule has 0 saturated carbocycles. The zero-order valence-corrected chi connectivity index (χ0v) is 16.1. The molecule has 0 aliphatic heterocycles. The molecule has 146 valence electrons. The Morgan fingerprint density at radius 2 is 1.57 bits per heavy atom. The number of amides is 1. The van der Waals surface area contributed by atoms with E-state index in [4.69, 9.17) is 25.8 Å². The first kappa shape index (κ1) is 19.4. The lowest BCUT2D eigenvalue weighted by Gasteiger charge is -2.14. The minimum absolute atomic E-state index is 0.0641. The Balaban J connectivity index is 2.03. The summed E-state index contributed by atoms with van der Waals surface area (Å²) >= 11 is 5.86. The van der Waals surface area contributed by atoms with E-state index >= 15 is 0 Å². The van der Waals surface area contributed by atoms with E-state index in [1.165, 1.54) is 21.3 Å². The van der Waals surface area contributed by atoms with Crippen molar-refractivity contribution in [3.05, 3.63) is 57.6 Å². The molecule has 0 radical (unpaired) electrons. The number of carbonyl (C=O) groups excluding carboxylic acids is 1. The maximum Gasteiger partial charge on any atom is 0.323 e. The molecule has 3 aromatic rings. The molecular weight excluding hydrogens is 386 g/mol. The number of anilines is 1. The van der Waals surface area contributed by atoms with Gasteiger partial charge in [-0.15, -0.1) is 0 Å². The molecule has 0 spiro atoms. The van der Waals surface area contributed by atoms with Crippen LogP contribution in [0.3, 0.4) is 0 Å². The molecule has 0 saturated heterocycles. The van der Waals surface area contributed by atoms with Gasteiger partial charge in [0.1, 0.15) is 5.69 Å². The van der Waals surface area contributed by atoms with E-state index in [0.717, 1.165) is 0 Å². The zero-order valence-electron chi connectivity index (χ0n) is 15.4. The van der Waals surface area contributed by atoms with Gasteiger partial charge in [-0.25, -0.2) is 4.79 Å². The number of benzene rings is 2. The molecule has 1 aromatic heterocycles. The maximum atomic E-state index is 12.7. The Hall–Kier alpha value is -3.39. The van der Waals surface area contributed by atoms with Gasteiger partial charge in [-0.3, -0.25) is 4.79 Å². The lowest BCUT2D eigenvalue weighted by Crippen LogP contribution is -2.14. The molecule has 0 aliphatic rings. The van der Waals surface area contributed by atoms with Crippen molar-refractivity contribution in [2.24, 2.45) is 0 Å². The average molecular weight is 404 g/mol. The normalized spacial score (nSPS) is 10.4. The van der Waals surface area contributed by atoms with Gasteiger partial charge in [-0.05, 0) is 36.4 Å². The number of nitrogens with one attached hydrogen (secondary N) is 3. The predicted molar refractivity (Wildman–Crippen MR) is 106 cm³/mol. The number of H-pyrrole nitrogens is 2. The van der Waals surface area contributed by atoms with Crippen molar-refractivity contribution in [2.75, 3.05) is 26.6 Å². The standard InChI is InChI=1S/C19H18ClN3O5/c1-26-13-8-10(9-14(27-2)17(13)28-3)15-16(23-19(25)22-15)18(24)21-12-6-4-11(20)5-7-12/h4-9H,1-3H3,(H,21,24)(H2,22,23,25). The number of hydrogen-bond donors (Lipinski definition) is 3. The lowest BCUT2D eigenvalue weighted by atomic mass is 10.1. The van der Waals surface area contributed by atoms with Crippen LogP contribution in [0.1, 0.15) is 10.5 Å². The van der Waals surface area contributed by atoms with Gasteiger partial charge < -0.3 is 29.5 Å². The first-order valence-corrected chi connectivity index (χ1v) is 8.54. The monoisotopic (exact) mass is 403 g/mol. The molecular formula is C19H18ClN3O5. The fourth-order valence-electron chi connectivity index (χ4n) is 2.72. The second-order valence-corrected chi connectivity index (χ2v) is 6.14. The van der Waals surface area contributed by atoms with Gasteiger partial charge in [0.2, 0.25) is 5.75 Å². The van der Waals surface area contributed by atoms with Gasteiger partial charge in [0, 0.05) is 16.3 Å². The summed E-state index contributed by atoms with van der Waals surface area (Å²) in [6.45, 7) is 0. The number of hydrogen-bond acceptors (Lipinski definition) is 5. The molecule has 0 bridgehead atoms. The van der Waals surface area contributed by atoms with Gasteiger partial charge in [-0.2, -0.15) is 0 Å². The van der Waals surface area contributed by atoms with E-state index in [1.807, 2.05) is 0 Å². The van der Waals surface area contributed by atoms with Crippen LogP contribution in [0.25, 0.3) is 11.3 Å². The number of ether oxygens (including phenoxy) is 3. The van der Waals surface area contributed by atoms with Crippen molar-refractivity contribution in [1.29, 1.82) is 0 Å². The topological polar surface area (TPSA) is 105 Å². The first-order valence-electron chi connectivity index (χ1n) is 8.16. The van der Waals surface area contributed by atoms with E-state index in [0.29, 0.717) is 33.5 Å². The molecule has 0 aliphatic carbocycles. The van der Waals surface area contributed by atoms with Crippen LogP contribution in [-0.2, 0) is 0 Å². The third-order valence-electron chi connectivity index (χ3n) is 4.01. The van der Waals surface area contributed by atoms with Gasteiger partial charge in [0.25, 0.3) is 5.91 Å². The third-order valence-corrected chi connectivity index (χ3v) is 4.26. The van der Waals surface area contributed by atoms with E-state index < -0.39 is 11.6 Å². The van der Waals surface area contributed by atoms with Gasteiger partial charge in [0.15, 0.2) is 11.5 Å². The molecule has 9 heteroatoms. The van der Waals surface area contributed by atoms with Crippen LogP contribution >= 0.6 is 11.6 Å². The van der Waals surface area contributed by atoms with Crippen molar-refractivity contribution in [1.82, 2.24) is 9.97 Å². The van der Waals surface area contributed by atoms with Crippen molar-refractivity contribution in [2.45, 2.75) is 0 Å². The highest BCUT2D eigenvalue weighted by atomic mass is 35.5. The summed E-state index contributed by atoms with van der Waals surface area (Å²) in [5.41, 5.74) is 0.872. The molecule has 0 unspecified atom stereocenters. The van der Waals surface area contributed by atoms with Crippen LogP contribution in [0.2, 0.25) is 5.02 Å². The van der Waals surface area contributed by atoms with E-state index in [9.17, 15) is 9.59 Å². The lowest BCUT2D eigenvalue weighted by molar-refractivity contribution is 0.102. The minimum atomic E-state index is -0.523. The first-order chi connectivity index (χ1) is 13.5. The molecule has 1 amide bonds. The summed E-state index contributed by atoms with van der Waals surface area (Å²) in [5.74, 6) is 0.689. The second-order valence-electron chi connectivity index (χ2n) is 5.70. The molecule has 0 fully saturated rings. The highest BCUT2D eigenvalue weighted by Gasteiger charge is 2.21. The van der Waals surface area contributed by atoms with E-state index in [-0.39, 0.29) is 11.4 Å². The van der Waals surface area contributed by atoms with Crippen LogP contribution in [0, 0.1) is 0 Å². The highest BCUT2D eigenvalue weighted by Crippen LogP contribution is 2.41. The van der Waals surface area contributed by atoms with Gasteiger partial charge in [-0.1, -0.05) is 11.6 Å². The van der Waals surface area contributed by atoms with Crippen molar-refractivity contribution in [3.63, 3.8) is 0 Å². The Bertz CT molecular complexity index is 1030. The molecule has 1 heterocycles. The summed E-state index contributed by atoms with van der Waals surface area (Å²) in [5, 5.41) is 3.26. The van der Waals surface area contributed by atoms with Gasteiger partial charge in [0.05, 0.1) is 27.0 Å². The van der Waals surface area contributed by atoms with Crippen LogP contribution < -0.4 is 25.2 Å². The number of aromatic amines is 2. The Labute approximate surface area is 165 Å². The van der Waals surface area contributed by atoms with Crippen molar-refractivity contribution >= 4 is 23.2 Å². The van der Waals surface area contributed by atoms with Crippen LogP contribution in [0.4, 0.5) is 5.69 Å². The Morgan fingerprint density at radius 3 is 2.11 bits per heavy atom.